The van der Waals surface area contributed by atoms with E-state index in [1.165, 1.54) is 0 Å². The minimum absolute atomic E-state index is 0.245. The molecule has 2 nitrogen and oxygen atoms in total. The van der Waals surface area contributed by atoms with Crippen molar-refractivity contribution in [3.8, 4) is 5.75 Å². The van der Waals surface area contributed by atoms with Crippen molar-refractivity contribution in [2.24, 2.45) is 0 Å². The van der Waals surface area contributed by atoms with Gasteiger partial charge in [-0.05, 0) is 25.0 Å². The summed E-state index contributed by atoms with van der Waals surface area (Å²) < 4.78 is 5.21. The molecule has 0 aliphatic carbocycles. The van der Waals surface area contributed by atoms with E-state index in [1.807, 2.05) is 38.1 Å². The first-order valence-electron chi connectivity index (χ1n) is 5.24. The number of benzene rings is 1. The summed E-state index contributed by atoms with van der Waals surface area (Å²) in [6.45, 7) is 3.96. The van der Waals surface area contributed by atoms with Gasteiger partial charge in [-0.25, -0.2) is 4.79 Å². The predicted molar refractivity (Wildman–Crippen MR) is 60.7 cm³/mol. The van der Waals surface area contributed by atoms with Crippen molar-refractivity contribution in [3.63, 3.8) is 0 Å². The van der Waals surface area contributed by atoms with Gasteiger partial charge in [-0.2, -0.15) is 0 Å². The van der Waals surface area contributed by atoms with Gasteiger partial charge in [-0.1, -0.05) is 38.1 Å². The van der Waals surface area contributed by atoms with Crippen LogP contribution in [0.25, 0.3) is 0 Å². The predicted octanol–water partition coefficient (Wildman–Crippen LogP) is 3.34. The van der Waals surface area contributed by atoms with Gasteiger partial charge < -0.3 is 4.74 Å². The second kappa shape index (κ2) is 6.02. The van der Waals surface area contributed by atoms with E-state index in [9.17, 15) is 4.79 Å². The van der Waals surface area contributed by atoms with Gasteiger partial charge in [0.25, 0.3) is 0 Å². The maximum Gasteiger partial charge on any atom is 0.339 e. The van der Waals surface area contributed by atoms with Crippen LogP contribution < -0.4 is 4.74 Å². The fourth-order valence-corrected chi connectivity index (χ4v) is 1.28. The van der Waals surface area contributed by atoms with Gasteiger partial charge in [0.1, 0.15) is 5.75 Å². The van der Waals surface area contributed by atoms with Crippen LogP contribution in [0.4, 0.5) is 0 Å². The van der Waals surface area contributed by atoms with E-state index in [4.69, 9.17) is 4.74 Å². The second-order valence-electron chi connectivity index (χ2n) is 3.19. The Morgan fingerprint density at radius 3 is 2.47 bits per heavy atom. The molecular weight excluding hydrogens is 188 g/mol. The number of carbonyl (C=O) groups excluding carboxylic acids is 1. The average molecular weight is 204 g/mol. The summed E-state index contributed by atoms with van der Waals surface area (Å²) in [5.74, 6) is 0.350. The molecule has 0 amide bonds. The third-order valence-corrected chi connectivity index (χ3v) is 2.05. The number of hydrogen-bond acceptors (Lipinski definition) is 2. The molecule has 0 heterocycles. The Kier molecular flexibility index (Phi) is 4.61. The summed E-state index contributed by atoms with van der Waals surface area (Å²) >= 11 is 0. The number of allylic oxidation sites excluding steroid dienone is 1. The molecule has 80 valence electrons. The minimum Gasteiger partial charge on any atom is -0.423 e. The van der Waals surface area contributed by atoms with Crippen LogP contribution in [-0.2, 0) is 4.79 Å². The third kappa shape index (κ3) is 3.58. The molecule has 0 aromatic heterocycles. The fraction of sp³-hybridized carbons (Fsp3) is 0.308. The van der Waals surface area contributed by atoms with Crippen LogP contribution in [-0.4, -0.2) is 5.97 Å². The van der Waals surface area contributed by atoms with Crippen LogP contribution in [0.2, 0.25) is 0 Å². The molecule has 0 aliphatic heterocycles. The van der Waals surface area contributed by atoms with Crippen molar-refractivity contribution in [2.45, 2.75) is 26.7 Å². The topological polar surface area (TPSA) is 26.3 Å². The van der Waals surface area contributed by atoms with Crippen LogP contribution in [0.3, 0.4) is 0 Å². The molecule has 0 radical (unpaired) electrons. The van der Waals surface area contributed by atoms with Crippen molar-refractivity contribution < 1.29 is 9.53 Å². The molecule has 1 rings (SSSR count). The molecule has 0 saturated heterocycles. The van der Waals surface area contributed by atoms with E-state index in [0.29, 0.717) is 12.2 Å². The third-order valence-electron chi connectivity index (χ3n) is 2.05. The molecule has 2 heteroatoms. The fourth-order valence-electron chi connectivity index (χ4n) is 1.28. The van der Waals surface area contributed by atoms with Gasteiger partial charge in [-0.15, -0.1) is 0 Å². The number of hydrogen-bond donors (Lipinski definition) is 0. The van der Waals surface area contributed by atoms with E-state index in [2.05, 4.69) is 0 Å². The van der Waals surface area contributed by atoms with Crippen molar-refractivity contribution in [1.29, 1.82) is 0 Å². The lowest BCUT2D eigenvalue weighted by atomic mass is 10.2. The molecule has 0 atom stereocenters. The highest BCUT2D eigenvalue weighted by atomic mass is 16.5. The number of para-hydroxylation sites is 1. The molecule has 1 aromatic carbocycles. The van der Waals surface area contributed by atoms with Crippen molar-refractivity contribution in [1.82, 2.24) is 0 Å². The maximum atomic E-state index is 11.6. The Morgan fingerprint density at radius 1 is 1.27 bits per heavy atom. The molecule has 1 aromatic rings. The Morgan fingerprint density at radius 2 is 1.93 bits per heavy atom. The van der Waals surface area contributed by atoms with E-state index in [0.717, 1.165) is 12.0 Å². The lowest BCUT2D eigenvalue weighted by Crippen LogP contribution is -2.10. The van der Waals surface area contributed by atoms with Crippen LogP contribution >= 0.6 is 0 Å². The highest BCUT2D eigenvalue weighted by Crippen LogP contribution is 2.12. The second-order valence-corrected chi connectivity index (χ2v) is 3.19. The first-order chi connectivity index (χ1) is 7.27. The summed E-state index contributed by atoms with van der Waals surface area (Å²) in [5, 5.41) is 0. The molecule has 15 heavy (non-hydrogen) atoms. The standard InChI is InChI=1S/C13H16O2/c1-3-8-11(4-2)13(14)15-12-9-6-5-7-10-12/h5-10H,3-4H2,1-2H3. The zero-order valence-electron chi connectivity index (χ0n) is 9.19. The van der Waals surface area contributed by atoms with Gasteiger partial charge in [-0.3, -0.25) is 0 Å². The van der Waals surface area contributed by atoms with E-state index in [-0.39, 0.29) is 5.97 Å². The van der Waals surface area contributed by atoms with Crippen LogP contribution in [0.15, 0.2) is 42.0 Å². The van der Waals surface area contributed by atoms with Gasteiger partial charge >= 0.3 is 5.97 Å². The highest BCUT2D eigenvalue weighted by Gasteiger charge is 2.08. The summed E-state index contributed by atoms with van der Waals surface area (Å²) in [6.07, 6.45) is 3.47. The first-order valence-corrected chi connectivity index (χ1v) is 5.24. The Balaban J connectivity index is 2.67. The van der Waals surface area contributed by atoms with Crippen LogP contribution in [0.1, 0.15) is 26.7 Å². The number of carbonyl (C=O) groups is 1. The highest BCUT2D eigenvalue weighted by molar-refractivity contribution is 5.90. The zero-order valence-corrected chi connectivity index (χ0v) is 9.19. The van der Waals surface area contributed by atoms with Gasteiger partial charge in [0, 0.05) is 5.57 Å². The van der Waals surface area contributed by atoms with E-state index < -0.39 is 0 Å². The average Bonchev–Trinajstić information content (AvgIpc) is 2.27. The molecule has 0 bridgehead atoms. The normalized spacial score (nSPS) is 11.2. The van der Waals surface area contributed by atoms with E-state index in [1.54, 1.807) is 12.1 Å². The van der Waals surface area contributed by atoms with Gasteiger partial charge in [0.2, 0.25) is 0 Å². The van der Waals surface area contributed by atoms with E-state index >= 15 is 0 Å². The lowest BCUT2D eigenvalue weighted by Gasteiger charge is -2.05. The first kappa shape index (κ1) is 11.5. The molecule has 0 fully saturated rings. The summed E-state index contributed by atoms with van der Waals surface area (Å²) in [5.41, 5.74) is 0.737. The number of rotatable bonds is 4. The summed E-state index contributed by atoms with van der Waals surface area (Å²) in [7, 11) is 0. The lowest BCUT2D eigenvalue weighted by molar-refractivity contribution is -0.130. The number of ether oxygens (including phenoxy) is 1. The Bertz CT molecular complexity index is 339. The molecule has 0 unspecified atom stereocenters. The molecule has 0 aliphatic rings. The van der Waals surface area contributed by atoms with Crippen molar-refractivity contribution >= 4 is 5.97 Å². The molecule has 0 N–H and O–H groups in total. The maximum absolute atomic E-state index is 11.6. The summed E-state index contributed by atoms with van der Waals surface area (Å²) in [4.78, 5) is 11.6. The van der Waals surface area contributed by atoms with Gasteiger partial charge in [0.15, 0.2) is 0 Å². The smallest absolute Gasteiger partial charge is 0.339 e. The van der Waals surface area contributed by atoms with Gasteiger partial charge in [0.05, 0.1) is 0 Å². The number of esters is 1. The minimum atomic E-state index is -0.245. The zero-order chi connectivity index (χ0) is 11.1. The largest absolute Gasteiger partial charge is 0.423 e. The van der Waals surface area contributed by atoms with Crippen LogP contribution in [0.5, 0.6) is 5.75 Å². The molecule has 0 spiro atoms. The Hall–Kier alpha value is -1.57. The molecular formula is C13H16O2. The Labute approximate surface area is 90.6 Å². The van der Waals surface area contributed by atoms with Crippen LogP contribution in [0, 0.1) is 0 Å². The summed E-state index contributed by atoms with van der Waals surface area (Å²) in [6, 6.07) is 9.13. The quantitative estimate of drug-likeness (QED) is 0.427. The SMILES string of the molecule is CCC=C(CC)C(=O)Oc1ccccc1. The van der Waals surface area contributed by atoms with Crippen molar-refractivity contribution in [3.05, 3.63) is 42.0 Å². The monoisotopic (exact) mass is 204 g/mol. The van der Waals surface area contributed by atoms with Crippen molar-refractivity contribution in [2.75, 3.05) is 0 Å². The molecule has 0 saturated carbocycles.